The average molecular weight is 404 g/mol. The molecule has 0 radical (unpaired) electrons. The quantitative estimate of drug-likeness (QED) is 0.501. The predicted octanol–water partition coefficient (Wildman–Crippen LogP) is 6.49. The van der Waals surface area contributed by atoms with Gasteiger partial charge in [-0.05, 0) is 56.3 Å². The van der Waals surface area contributed by atoms with Gasteiger partial charge < -0.3 is 9.47 Å². The third kappa shape index (κ3) is 4.92. The van der Waals surface area contributed by atoms with Gasteiger partial charge in [0.05, 0.1) is 0 Å². The summed E-state index contributed by atoms with van der Waals surface area (Å²) in [5.41, 5.74) is -4.11. The molecule has 3 aliphatic rings. The van der Waals surface area contributed by atoms with Crippen LogP contribution in [-0.4, -0.2) is 30.9 Å². The van der Waals surface area contributed by atoms with E-state index in [2.05, 4.69) is 20.8 Å². The molecular formula is C19H30F6O2. The Morgan fingerprint density at radius 2 is 1.44 bits per heavy atom. The molecule has 1 heterocycles. The lowest BCUT2D eigenvalue weighted by atomic mass is 9.74. The molecule has 2 bridgehead atoms. The smallest absolute Gasteiger partial charge is 0.353 e. The first kappa shape index (κ1) is 22.8. The van der Waals surface area contributed by atoms with E-state index in [0.717, 1.165) is 5.92 Å². The second kappa shape index (κ2) is 8.47. The fourth-order valence-corrected chi connectivity index (χ4v) is 4.56. The van der Waals surface area contributed by atoms with E-state index in [1.54, 1.807) is 0 Å². The summed E-state index contributed by atoms with van der Waals surface area (Å²) in [4.78, 5) is 0. The second-order valence-electron chi connectivity index (χ2n) is 8.66. The van der Waals surface area contributed by atoms with Crippen molar-refractivity contribution in [3.63, 3.8) is 0 Å². The van der Waals surface area contributed by atoms with E-state index >= 15 is 0 Å². The minimum atomic E-state index is -5.51. The summed E-state index contributed by atoms with van der Waals surface area (Å²) in [7, 11) is 0. The van der Waals surface area contributed by atoms with Crippen LogP contribution in [0.2, 0.25) is 0 Å². The van der Waals surface area contributed by atoms with Crippen LogP contribution < -0.4 is 0 Å². The monoisotopic (exact) mass is 404 g/mol. The van der Waals surface area contributed by atoms with Gasteiger partial charge in [-0.25, -0.2) is 0 Å². The molecule has 0 aromatic rings. The van der Waals surface area contributed by atoms with Crippen molar-refractivity contribution in [2.45, 2.75) is 90.0 Å². The van der Waals surface area contributed by atoms with Crippen LogP contribution in [0.5, 0.6) is 0 Å². The maximum Gasteiger partial charge on any atom is 0.426 e. The Labute approximate surface area is 157 Å². The highest BCUT2D eigenvalue weighted by Crippen LogP contribution is 2.61. The van der Waals surface area contributed by atoms with Gasteiger partial charge in [0.15, 0.2) is 6.29 Å². The van der Waals surface area contributed by atoms with Crippen LogP contribution >= 0.6 is 0 Å². The Bertz CT molecular complexity index is 451. The van der Waals surface area contributed by atoms with E-state index in [-0.39, 0.29) is 25.4 Å². The molecule has 0 N–H and O–H groups in total. The molecule has 4 unspecified atom stereocenters. The predicted molar refractivity (Wildman–Crippen MR) is 89.0 cm³/mol. The molecule has 0 spiro atoms. The maximum atomic E-state index is 13.7. The van der Waals surface area contributed by atoms with Crippen LogP contribution in [0.4, 0.5) is 26.3 Å². The molecule has 160 valence electrons. The largest absolute Gasteiger partial charge is 0.426 e. The summed E-state index contributed by atoms with van der Waals surface area (Å²) in [6.07, 6.45) is -9.77. The normalized spacial score (nSPS) is 31.8. The van der Waals surface area contributed by atoms with Gasteiger partial charge in [0.2, 0.25) is 0 Å². The maximum absolute atomic E-state index is 13.7. The molecule has 4 atom stereocenters. The van der Waals surface area contributed by atoms with Gasteiger partial charge in [-0.3, -0.25) is 0 Å². The number of ether oxygens (including phenoxy) is 2. The molecular weight excluding hydrogens is 374 g/mol. The number of fused-ring (bicyclic) bond motifs is 2. The number of rotatable bonds is 3. The van der Waals surface area contributed by atoms with Crippen LogP contribution in [0.15, 0.2) is 0 Å². The third-order valence-corrected chi connectivity index (χ3v) is 5.56. The number of alkyl halides is 6. The Kier molecular flexibility index (Phi) is 7.15. The zero-order chi connectivity index (χ0) is 20.5. The molecule has 1 aliphatic heterocycles. The zero-order valence-corrected chi connectivity index (χ0v) is 16.1. The minimum Gasteiger partial charge on any atom is -0.353 e. The standard InChI is InChI=1S/C15H20F6O2.C4H10/c16-14(17,18)13(15(19,20)21,23-12-3-1-2-6-22-12)11-8-9-4-5-10(11)7-9;1-4(2)3/h9-12H,1-8H2;4H,1-3H3. The zero-order valence-electron chi connectivity index (χ0n) is 16.1. The fraction of sp³-hybridized carbons (Fsp3) is 1.00. The van der Waals surface area contributed by atoms with Crippen molar-refractivity contribution in [2.75, 3.05) is 6.61 Å². The SMILES string of the molecule is CC(C)C.FC(F)(F)C(OC1CCCCO1)(C1CC2CCC1C2)C(F)(F)F. The summed E-state index contributed by atoms with van der Waals surface area (Å²) in [5.74, 6) is -1.36. The summed E-state index contributed by atoms with van der Waals surface area (Å²) >= 11 is 0. The molecule has 1 saturated heterocycles. The van der Waals surface area contributed by atoms with Gasteiger partial charge in [-0.1, -0.05) is 27.2 Å². The van der Waals surface area contributed by atoms with Crippen LogP contribution in [0, 0.1) is 23.7 Å². The van der Waals surface area contributed by atoms with E-state index in [0.29, 0.717) is 32.1 Å². The highest BCUT2D eigenvalue weighted by molar-refractivity contribution is 5.08. The van der Waals surface area contributed by atoms with Crippen molar-refractivity contribution >= 4 is 0 Å². The average Bonchev–Trinajstić information content (AvgIpc) is 3.13. The van der Waals surface area contributed by atoms with Gasteiger partial charge >= 0.3 is 12.4 Å². The minimum absolute atomic E-state index is 0.0510. The van der Waals surface area contributed by atoms with Crippen LogP contribution in [0.1, 0.15) is 65.7 Å². The molecule has 8 heteroatoms. The Morgan fingerprint density at radius 3 is 1.81 bits per heavy atom. The van der Waals surface area contributed by atoms with Crippen LogP contribution in [-0.2, 0) is 9.47 Å². The van der Waals surface area contributed by atoms with E-state index < -0.39 is 36.1 Å². The molecule has 27 heavy (non-hydrogen) atoms. The molecule has 3 rings (SSSR count). The van der Waals surface area contributed by atoms with Gasteiger partial charge in [0.25, 0.3) is 5.60 Å². The van der Waals surface area contributed by atoms with Crippen molar-refractivity contribution in [3.05, 3.63) is 0 Å². The number of hydrogen-bond donors (Lipinski definition) is 0. The highest BCUT2D eigenvalue weighted by atomic mass is 19.4. The molecule has 0 amide bonds. The summed E-state index contributed by atoms with van der Waals surface area (Å²) in [5, 5.41) is 0. The molecule has 2 aliphatic carbocycles. The molecule has 3 fully saturated rings. The summed E-state index contributed by atoms with van der Waals surface area (Å²) in [6.45, 7) is 6.63. The van der Waals surface area contributed by atoms with Gasteiger partial charge in [0.1, 0.15) is 0 Å². The molecule has 2 nitrogen and oxygen atoms in total. The first-order valence-electron chi connectivity index (χ1n) is 9.81. The van der Waals surface area contributed by atoms with E-state index in [9.17, 15) is 26.3 Å². The lowest BCUT2D eigenvalue weighted by Gasteiger charge is -2.46. The fourth-order valence-electron chi connectivity index (χ4n) is 4.56. The van der Waals surface area contributed by atoms with E-state index in [1.165, 1.54) is 0 Å². The lowest BCUT2D eigenvalue weighted by Crippen LogP contribution is -2.65. The number of halogens is 6. The van der Waals surface area contributed by atoms with E-state index in [4.69, 9.17) is 9.47 Å². The molecule has 2 saturated carbocycles. The molecule has 0 aromatic carbocycles. The third-order valence-electron chi connectivity index (χ3n) is 5.56. The molecule has 0 aromatic heterocycles. The van der Waals surface area contributed by atoms with Crippen molar-refractivity contribution in [1.82, 2.24) is 0 Å². The lowest BCUT2D eigenvalue weighted by molar-refractivity contribution is -0.429. The van der Waals surface area contributed by atoms with Crippen molar-refractivity contribution in [1.29, 1.82) is 0 Å². The van der Waals surface area contributed by atoms with Crippen molar-refractivity contribution < 1.29 is 35.8 Å². The first-order valence-corrected chi connectivity index (χ1v) is 9.81. The van der Waals surface area contributed by atoms with Gasteiger partial charge in [0, 0.05) is 12.5 Å². The van der Waals surface area contributed by atoms with Crippen molar-refractivity contribution in [3.8, 4) is 0 Å². The second-order valence-corrected chi connectivity index (χ2v) is 8.66. The Hall–Kier alpha value is -0.500. The first-order chi connectivity index (χ1) is 12.4. The topological polar surface area (TPSA) is 18.5 Å². The summed E-state index contributed by atoms with van der Waals surface area (Å²) < 4.78 is 92.0. The Morgan fingerprint density at radius 1 is 0.852 bits per heavy atom. The van der Waals surface area contributed by atoms with Gasteiger partial charge in [-0.15, -0.1) is 0 Å². The van der Waals surface area contributed by atoms with Crippen LogP contribution in [0.3, 0.4) is 0 Å². The van der Waals surface area contributed by atoms with Crippen LogP contribution in [0.25, 0.3) is 0 Å². The number of hydrogen-bond acceptors (Lipinski definition) is 2. The Balaban J connectivity index is 0.000000596. The van der Waals surface area contributed by atoms with Gasteiger partial charge in [-0.2, -0.15) is 26.3 Å². The highest BCUT2D eigenvalue weighted by Gasteiger charge is 2.78. The van der Waals surface area contributed by atoms with E-state index in [1.807, 2.05) is 0 Å². The van der Waals surface area contributed by atoms with Crippen molar-refractivity contribution in [2.24, 2.45) is 23.7 Å². The summed E-state index contributed by atoms with van der Waals surface area (Å²) in [6, 6.07) is 0.